The van der Waals surface area contributed by atoms with E-state index in [1.807, 2.05) is 12.1 Å². The van der Waals surface area contributed by atoms with Crippen molar-refractivity contribution in [3.8, 4) is 0 Å². The largest absolute Gasteiger partial charge is 0.310 e. The van der Waals surface area contributed by atoms with Gasteiger partial charge in [-0.15, -0.1) is 0 Å². The zero-order chi connectivity index (χ0) is 11.5. The number of rotatable bonds is 4. The number of halogens is 2. The fraction of sp³-hybridized carbons (Fsp3) is 0.538. The lowest BCUT2D eigenvalue weighted by molar-refractivity contribution is 0.292. The second-order valence-corrected chi connectivity index (χ2v) is 5.45. The van der Waals surface area contributed by atoms with Gasteiger partial charge in [-0.25, -0.2) is 4.39 Å². The van der Waals surface area contributed by atoms with E-state index in [2.05, 4.69) is 28.2 Å². The Morgan fingerprint density at radius 2 is 2.25 bits per heavy atom. The van der Waals surface area contributed by atoms with Crippen LogP contribution in [0.25, 0.3) is 0 Å². The van der Waals surface area contributed by atoms with Crippen LogP contribution in [0.15, 0.2) is 22.7 Å². The van der Waals surface area contributed by atoms with Gasteiger partial charge in [-0.2, -0.15) is 0 Å². The molecule has 3 heteroatoms. The van der Waals surface area contributed by atoms with Crippen molar-refractivity contribution in [1.82, 2.24) is 5.32 Å². The van der Waals surface area contributed by atoms with E-state index in [1.54, 1.807) is 0 Å². The fourth-order valence-electron chi connectivity index (χ4n) is 1.94. The van der Waals surface area contributed by atoms with Gasteiger partial charge in [0.15, 0.2) is 0 Å². The summed E-state index contributed by atoms with van der Waals surface area (Å²) in [5.41, 5.74) is 1.13. The van der Waals surface area contributed by atoms with E-state index in [9.17, 15) is 4.39 Å². The van der Waals surface area contributed by atoms with E-state index < -0.39 is 0 Å². The van der Waals surface area contributed by atoms with Crippen molar-refractivity contribution in [1.29, 1.82) is 0 Å². The van der Waals surface area contributed by atoms with Crippen LogP contribution >= 0.6 is 15.9 Å². The summed E-state index contributed by atoms with van der Waals surface area (Å²) in [5, 5.41) is 3.50. The van der Waals surface area contributed by atoms with E-state index in [0.29, 0.717) is 4.47 Å². The molecule has 0 bridgehead atoms. The van der Waals surface area contributed by atoms with Crippen molar-refractivity contribution in [2.75, 3.05) is 6.54 Å². The molecule has 1 atom stereocenters. The van der Waals surface area contributed by atoms with Gasteiger partial charge >= 0.3 is 0 Å². The van der Waals surface area contributed by atoms with Crippen LogP contribution in [0.4, 0.5) is 4.39 Å². The molecule has 0 aliphatic heterocycles. The molecular weight excluding hydrogens is 269 g/mol. The second-order valence-electron chi connectivity index (χ2n) is 4.60. The van der Waals surface area contributed by atoms with E-state index in [0.717, 1.165) is 18.0 Å². The van der Waals surface area contributed by atoms with Crippen LogP contribution in [0.1, 0.15) is 37.8 Å². The minimum absolute atomic E-state index is 0.199. The van der Waals surface area contributed by atoms with Gasteiger partial charge in [0.05, 0.1) is 4.47 Å². The fourth-order valence-corrected chi connectivity index (χ4v) is 2.34. The molecule has 0 amide bonds. The van der Waals surface area contributed by atoms with Crippen molar-refractivity contribution >= 4 is 15.9 Å². The molecule has 16 heavy (non-hydrogen) atoms. The highest BCUT2D eigenvalue weighted by Gasteiger charge is 2.18. The minimum atomic E-state index is -0.199. The number of hydrogen-bond donors (Lipinski definition) is 1. The predicted molar refractivity (Wildman–Crippen MR) is 67.9 cm³/mol. The van der Waals surface area contributed by atoms with E-state index in [4.69, 9.17) is 0 Å². The Morgan fingerprint density at radius 1 is 1.50 bits per heavy atom. The molecule has 0 spiro atoms. The van der Waals surface area contributed by atoms with Crippen molar-refractivity contribution < 1.29 is 4.39 Å². The molecule has 1 fully saturated rings. The second kappa shape index (κ2) is 5.28. The van der Waals surface area contributed by atoms with Crippen LogP contribution in [0, 0.1) is 11.7 Å². The average Bonchev–Trinajstić information content (AvgIpc) is 2.19. The molecule has 0 aromatic heterocycles. The Bertz CT molecular complexity index is 363. The zero-order valence-corrected chi connectivity index (χ0v) is 11.1. The summed E-state index contributed by atoms with van der Waals surface area (Å²) >= 11 is 3.22. The van der Waals surface area contributed by atoms with Crippen molar-refractivity contribution in [2.45, 2.75) is 32.2 Å². The molecule has 1 saturated carbocycles. The highest BCUT2D eigenvalue weighted by Crippen LogP contribution is 2.26. The lowest BCUT2D eigenvalue weighted by Gasteiger charge is -2.27. The smallest absolute Gasteiger partial charge is 0.137 e. The molecule has 1 aromatic rings. The molecule has 0 saturated heterocycles. The Balaban J connectivity index is 1.91. The van der Waals surface area contributed by atoms with E-state index in [1.165, 1.54) is 25.3 Å². The standard InChI is InChI=1S/C13H17BrFN/c1-9(16-8-10-3-2-4-10)11-5-6-13(15)12(14)7-11/h5-7,9-10,16H,2-4,8H2,1H3. The summed E-state index contributed by atoms with van der Waals surface area (Å²) in [5.74, 6) is 0.654. The van der Waals surface area contributed by atoms with Gasteiger partial charge in [-0.3, -0.25) is 0 Å². The summed E-state index contributed by atoms with van der Waals surface area (Å²) in [4.78, 5) is 0. The summed E-state index contributed by atoms with van der Waals surface area (Å²) < 4.78 is 13.6. The summed E-state index contributed by atoms with van der Waals surface area (Å²) in [7, 11) is 0. The Labute approximate surface area is 105 Å². The first-order valence-electron chi connectivity index (χ1n) is 5.85. The highest BCUT2D eigenvalue weighted by molar-refractivity contribution is 9.10. The first kappa shape index (κ1) is 12.1. The van der Waals surface area contributed by atoms with Gasteiger partial charge < -0.3 is 5.32 Å². The third kappa shape index (κ3) is 2.83. The third-order valence-corrected chi connectivity index (χ3v) is 3.99. The molecule has 0 radical (unpaired) electrons. The maximum absolute atomic E-state index is 13.1. The number of hydrogen-bond acceptors (Lipinski definition) is 1. The van der Waals surface area contributed by atoms with Crippen LogP contribution in [-0.2, 0) is 0 Å². The highest BCUT2D eigenvalue weighted by atomic mass is 79.9. The normalized spacial score (nSPS) is 18.2. The van der Waals surface area contributed by atoms with E-state index in [-0.39, 0.29) is 11.9 Å². The molecule has 0 heterocycles. The molecule has 1 N–H and O–H groups in total. The monoisotopic (exact) mass is 285 g/mol. The predicted octanol–water partition coefficient (Wildman–Crippen LogP) is 4.04. The Kier molecular flexibility index (Phi) is 3.98. The molecule has 1 unspecified atom stereocenters. The lowest BCUT2D eigenvalue weighted by atomic mass is 9.85. The maximum atomic E-state index is 13.1. The molecule has 88 valence electrons. The molecule has 2 rings (SSSR count). The first-order valence-corrected chi connectivity index (χ1v) is 6.64. The molecular formula is C13H17BrFN. The van der Waals surface area contributed by atoms with Gasteiger partial charge in [0.2, 0.25) is 0 Å². The molecule has 1 aliphatic carbocycles. The van der Waals surface area contributed by atoms with Crippen LogP contribution in [0.5, 0.6) is 0 Å². The number of benzene rings is 1. The van der Waals surface area contributed by atoms with Crippen LogP contribution in [-0.4, -0.2) is 6.54 Å². The summed E-state index contributed by atoms with van der Waals surface area (Å²) in [6.45, 7) is 3.20. The van der Waals surface area contributed by atoms with Crippen LogP contribution in [0.3, 0.4) is 0 Å². The Morgan fingerprint density at radius 3 is 2.81 bits per heavy atom. The first-order chi connectivity index (χ1) is 7.66. The SMILES string of the molecule is CC(NCC1CCC1)c1ccc(F)c(Br)c1. The maximum Gasteiger partial charge on any atom is 0.137 e. The zero-order valence-electron chi connectivity index (χ0n) is 9.47. The van der Waals surface area contributed by atoms with Crippen molar-refractivity contribution in [2.24, 2.45) is 5.92 Å². The quantitative estimate of drug-likeness (QED) is 0.881. The van der Waals surface area contributed by atoms with Crippen LogP contribution in [0.2, 0.25) is 0 Å². The summed E-state index contributed by atoms with van der Waals surface area (Å²) in [6, 6.07) is 5.50. The topological polar surface area (TPSA) is 12.0 Å². The Hall–Kier alpha value is -0.410. The molecule has 1 aromatic carbocycles. The van der Waals surface area contributed by atoms with Gasteiger partial charge in [0.1, 0.15) is 5.82 Å². The minimum Gasteiger partial charge on any atom is -0.310 e. The lowest BCUT2D eigenvalue weighted by Crippen LogP contribution is -2.29. The van der Waals surface area contributed by atoms with E-state index >= 15 is 0 Å². The van der Waals surface area contributed by atoms with Gasteiger partial charge in [0.25, 0.3) is 0 Å². The summed E-state index contributed by atoms with van der Waals surface area (Å²) in [6.07, 6.45) is 4.09. The third-order valence-electron chi connectivity index (χ3n) is 3.38. The van der Waals surface area contributed by atoms with Gasteiger partial charge in [-0.05, 0) is 65.9 Å². The van der Waals surface area contributed by atoms with Crippen molar-refractivity contribution in [3.05, 3.63) is 34.1 Å². The molecule has 1 nitrogen and oxygen atoms in total. The van der Waals surface area contributed by atoms with Gasteiger partial charge in [-0.1, -0.05) is 12.5 Å². The average molecular weight is 286 g/mol. The number of nitrogens with one attached hydrogen (secondary N) is 1. The van der Waals surface area contributed by atoms with Crippen molar-refractivity contribution in [3.63, 3.8) is 0 Å². The molecule has 1 aliphatic rings. The van der Waals surface area contributed by atoms with Gasteiger partial charge in [0, 0.05) is 6.04 Å². The van der Waals surface area contributed by atoms with Crippen LogP contribution < -0.4 is 5.32 Å².